The van der Waals surface area contributed by atoms with Crippen LogP contribution in [0.15, 0.2) is 47.8 Å². The van der Waals surface area contributed by atoms with Crippen LogP contribution in [0.5, 0.6) is 0 Å². The Kier molecular flexibility index (Phi) is 2.88. The lowest BCUT2D eigenvalue weighted by Crippen LogP contribution is -1.85. The third-order valence-corrected chi connectivity index (χ3v) is 3.28. The average Bonchev–Trinajstić information content (AvgIpc) is 2.82. The Labute approximate surface area is 93.3 Å². The van der Waals surface area contributed by atoms with Crippen molar-refractivity contribution in [3.05, 3.63) is 58.3 Å². The van der Waals surface area contributed by atoms with Crippen LogP contribution in [-0.2, 0) is 0 Å². The Hall–Kier alpha value is -1.54. The second-order valence-corrected chi connectivity index (χ2v) is 4.26. The molecule has 0 aliphatic rings. The molecule has 0 aliphatic heterocycles. The standard InChI is InChI=1S/C13H12OS/c1-10(12-8-5-9-15-12)13(14)11-6-3-2-4-7-11/h2-9,14H,1H3. The van der Waals surface area contributed by atoms with Gasteiger partial charge in [-0.3, -0.25) is 0 Å². The van der Waals surface area contributed by atoms with Crippen LogP contribution < -0.4 is 0 Å². The van der Waals surface area contributed by atoms with Crippen molar-refractivity contribution < 1.29 is 5.11 Å². The number of hydrogen-bond donors (Lipinski definition) is 1. The van der Waals surface area contributed by atoms with Gasteiger partial charge in [-0.1, -0.05) is 36.4 Å². The number of rotatable bonds is 2. The number of hydrogen-bond acceptors (Lipinski definition) is 2. The van der Waals surface area contributed by atoms with E-state index in [-0.39, 0.29) is 0 Å². The largest absolute Gasteiger partial charge is 0.507 e. The molecule has 1 aromatic carbocycles. The van der Waals surface area contributed by atoms with Crippen LogP contribution in [0.2, 0.25) is 0 Å². The Morgan fingerprint density at radius 3 is 2.40 bits per heavy atom. The van der Waals surface area contributed by atoms with Crippen molar-refractivity contribution in [3.63, 3.8) is 0 Å². The van der Waals surface area contributed by atoms with Gasteiger partial charge in [0, 0.05) is 16.0 Å². The van der Waals surface area contributed by atoms with Crippen LogP contribution in [0.4, 0.5) is 0 Å². The van der Waals surface area contributed by atoms with Gasteiger partial charge in [0.2, 0.25) is 0 Å². The molecule has 15 heavy (non-hydrogen) atoms. The molecular formula is C13H12OS. The zero-order valence-electron chi connectivity index (χ0n) is 8.47. The van der Waals surface area contributed by atoms with Crippen molar-refractivity contribution in [2.45, 2.75) is 6.92 Å². The number of thiophene rings is 1. The fourth-order valence-corrected chi connectivity index (χ4v) is 2.16. The Bertz CT molecular complexity index is 455. The highest BCUT2D eigenvalue weighted by Crippen LogP contribution is 2.26. The second kappa shape index (κ2) is 4.32. The lowest BCUT2D eigenvalue weighted by atomic mass is 10.1. The van der Waals surface area contributed by atoms with Crippen LogP contribution in [0.1, 0.15) is 17.4 Å². The highest BCUT2D eigenvalue weighted by Gasteiger charge is 2.05. The van der Waals surface area contributed by atoms with Crippen molar-refractivity contribution in [3.8, 4) is 0 Å². The number of allylic oxidation sites excluding steroid dienone is 1. The van der Waals surface area contributed by atoms with Crippen LogP contribution >= 0.6 is 11.3 Å². The predicted molar refractivity (Wildman–Crippen MR) is 65.9 cm³/mol. The number of aliphatic hydroxyl groups excluding tert-OH is 1. The Morgan fingerprint density at radius 1 is 1.07 bits per heavy atom. The summed E-state index contributed by atoms with van der Waals surface area (Å²) in [7, 11) is 0. The van der Waals surface area contributed by atoms with Gasteiger partial charge in [0.1, 0.15) is 5.76 Å². The first kappa shape index (κ1) is 9.99. The molecule has 0 radical (unpaired) electrons. The molecule has 0 saturated carbocycles. The van der Waals surface area contributed by atoms with Crippen molar-refractivity contribution in [1.82, 2.24) is 0 Å². The second-order valence-electron chi connectivity index (χ2n) is 3.32. The summed E-state index contributed by atoms with van der Waals surface area (Å²) in [6, 6.07) is 13.6. The van der Waals surface area contributed by atoms with Gasteiger partial charge in [0.25, 0.3) is 0 Å². The maximum absolute atomic E-state index is 10.0. The fraction of sp³-hybridized carbons (Fsp3) is 0.0769. The first-order valence-electron chi connectivity index (χ1n) is 4.78. The SMILES string of the molecule is CC(=C(O)c1ccccc1)c1cccs1. The van der Waals surface area contributed by atoms with E-state index in [1.807, 2.05) is 54.8 Å². The molecular weight excluding hydrogens is 204 g/mol. The fourth-order valence-electron chi connectivity index (χ4n) is 1.42. The van der Waals surface area contributed by atoms with Gasteiger partial charge in [-0.05, 0) is 18.4 Å². The molecule has 1 N–H and O–H groups in total. The molecule has 0 fully saturated rings. The molecule has 1 heterocycles. The van der Waals surface area contributed by atoms with Gasteiger partial charge >= 0.3 is 0 Å². The third kappa shape index (κ3) is 2.10. The number of benzene rings is 1. The molecule has 0 atom stereocenters. The van der Waals surface area contributed by atoms with E-state index < -0.39 is 0 Å². The normalized spacial score (nSPS) is 12.3. The van der Waals surface area contributed by atoms with Gasteiger partial charge < -0.3 is 5.11 Å². The van der Waals surface area contributed by atoms with E-state index in [4.69, 9.17) is 0 Å². The third-order valence-electron chi connectivity index (χ3n) is 2.29. The van der Waals surface area contributed by atoms with Gasteiger partial charge in [-0.15, -0.1) is 11.3 Å². The van der Waals surface area contributed by atoms with E-state index in [1.54, 1.807) is 11.3 Å². The molecule has 76 valence electrons. The van der Waals surface area contributed by atoms with Crippen molar-refractivity contribution >= 4 is 22.7 Å². The average molecular weight is 216 g/mol. The lowest BCUT2D eigenvalue weighted by Gasteiger charge is -2.04. The summed E-state index contributed by atoms with van der Waals surface area (Å²) in [5.74, 6) is 0.359. The predicted octanol–water partition coefficient (Wildman–Crippen LogP) is 4.19. The maximum Gasteiger partial charge on any atom is 0.127 e. The molecule has 0 amide bonds. The summed E-state index contributed by atoms with van der Waals surface area (Å²) in [5, 5.41) is 12.1. The summed E-state index contributed by atoms with van der Waals surface area (Å²) in [4.78, 5) is 1.11. The molecule has 0 aliphatic carbocycles. The van der Waals surface area contributed by atoms with Gasteiger partial charge in [-0.2, -0.15) is 0 Å². The van der Waals surface area contributed by atoms with E-state index in [2.05, 4.69) is 0 Å². The first-order chi connectivity index (χ1) is 7.29. The molecule has 2 aromatic rings. The Morgan fingerprint density at radius 2 is 1.80 bits per heavy atom. The number of aliphatic hydroxyl groups is 1. The lowest BCUT2D eigenvalue weighted by molar-refractivity contribution is 0.513. The van der Waals surface area contributed by atoms with Crippen LogP contribution in [0, 0.1) is 0 Å². The Balaban J connectivity index is 2.42. The van der Waals surface area contributed by atoms with E-state index in [1.165, 1.54) is 0 Å². The van der Waals surface area contributed by atoms with E-state index in [0.29, 0.717) is 5.76 Å². The highest BCUT2D eigenvalue weighted by atomic mass is 32.1. The summed E-state index contributed by atoms with van der Waals surface area (Å²) in [6.07, 6.45) is 0. The van der Waals surface area contributed by atoms with Gasteiger partial charge in [0.15, 0.2) is 0 Å². The maximum atomic E-state index is 10.0. The van der Waals surface area contributed by atoms with Crippen LogP contribution in [0.3, 0.4) is 0 Å². The minimum Gasteiger partial charge on any atom is -0.507 e. The quantitative estimate of drug-likeness (QED) is 0.746. The minimum absolute atomic E-state index is 0.359. The molecule has 1 nitrogen and oxygen atoms in total. The van der Waals surface area contributed by atoms with Crippen molar-refractivity contribution in [1.29, 1.82) is 0 Å². The van der Waals surface area contributed by atoms with Crippen LogP contribution in [-0.4, -0.2) is 5.11 Å². The zero-order chi connectivity index (χ0) is 10.7. The molecule has 0 saturated heterocycles. The summed E-state index contributed by atoms with van der Waals surface area (Å²) >= 11 is 1.64. The molecule has 1 aromatic heterocycles. The van der Waals surface area contributed by atoms with Crippen molar-refractivity contribution in [2.24, 2.45) is 0 Å². The summed E-state index contributed by atoms with van der Waals surface area (Å²) < 4.78 is 0. The van der Waals surface area contributed by atoms with Gasteiger partial charge in [0.05, 0.1) is 0 Å². The topological polar surface area (TPSA) is 20.2 Å². The van der Waals surface area contributed by atoms with Gasteiger partial charge in [-0.25, -0.2) is 0 Å². The monoisotopic (exact) mass is 216 g/mol. The highest BCUT2D eigenvalue weighted by molar-refractivity contribution is 7.11. The smallest absolute Gasteiger partial charge is 0.127 e. The van der Waals surface area contributed by atoms with Crippen LogP contribution in [0.25, 0.3) is 11.3 Å². The minimum atomic E-state index is 0.359. The zero-order valence-corrected chi connectivity index (χ0v) is 9.29. The van der Waals surface area contributed by atoms with E-state index >= 15 is 0 Å². The molecule has 2 rings (SSSR count). The summed E-state index contributed by atoms with van der Waals surface area (Å²) in [5.41, 5.74) is 1.79. The van der Waals surface area contributed by atoms with Crippen molar-refractivity contribution in [2.75, 3.05) is 0 Å². The molecule has 0 unspecified atom stereocenters. The first-order valence-corrected chi connectivity index (χ1v) is 5.66. The van der Waals surface area contributed by atoms with E-state index in [0.717, 1.165) is 16.0 Å². The molecule has 0 spiro atoms. The summed E-state index contributed by atoms with van der Waals surface area (Å²) in [6.45, 7) is 1.94. The van der Waals surface area contributed by atoms with E-state index in [9.17, 15) is 5.11 Å². The molecule has 0 bridgehead atoms. The molecule has 2 heteroatoms.